The highest BCUT2D eigenvalue weighted by molar-refractivity contribution is 7.90. The Hall–Kier alpha value is -1.41. The van der Waals surface area contributed by atoms with Gasteiger partial charge in [-0.15, -0.1) is 11.3 Å². The maximum atomic E-state index is 11.3. The predicted molar refractivity (Wildman–Crippen MR) is 84.6 cm³/mol. The Balaban J connectivity index is 2.33. The average Bonchev–Trinajstić information content (AvgIpc) is 2.82. The van der Waals surface area contributed by atoms with Gasteiger partial charge in [-0.2, -0.15) is 4.98 Å². The lowest BCUT2D eigenvalue weighted by atomic mass is 10.3. The van der Waals surface area contributed by atoms with Gasteiger partial charge in [0.15, 0.2) is 0 Å². The SMILES string of the molecule is CCNc1nc(N(C)CCS(C)(=O)=O)c2ccsc2n1. The zero-order valence-electron chi connectivity index (χ0n) is 11.8. The lowest BCUT2D eigenvalue weighted by molar-refractivity contribution is 0.601. The van der Waals surface area contributed by atoms with Gasteiger partial charge in [0.1, 0.15) is 20.5 Å². The summed E-state index contributed by atoms with van der Waals surface area (Å²) in [4.78, 5) is 11.7. The second kappa shape index (κ2) is 5.92. The lowest BCUT2D eigenvalue weighted by Crippen LogP contribution is -2.26. The number of nitrogens with one attached hydrogen (secondary N) is 1. The van der Waals surface area contributed by atoms with Crippen molar-refractivity contribution in [3.05, 3.63) is 11.4 Å². The van der Waals surface area contributed by atoms with Gasteiger partial charge >= 0.3 is 0 Å². The number of anilines is 2. The Kier molecular flexibility index (Phi) is 4.44. The van der Waals surface area contributed by atoms with Crippen LogP contribution in [0.5, 0.6) is 0 Å². The van der Waals surface area contributed by atoms with Gasteiger partial charge in [-0.3, -0.25) is 0 Å². The molecule has 0 saturated carbocycles. The summed E-state index contributed by atoms with van der Waals surface area (Å²) in [6.07, 6.45) is 1.24. The van der Waals surface area contributed by atoms with Gasteiger partial charge in [-0.25, -0.2) is 13.4 Å². The summed E-state index contributed by atoms with van der Waals surface area (Å²) in [5, 5.41) is 6.01. The molecule has 2 aromatic heterocycles. The van der Waals surface area contributed by atoms with Crippen molar-refractivity contribution in [3.8, 4) is 0 Å². The minimum atomic E-state index is -2.99. The first kappa shape index (κ1) is 15.0. The summed E-state index contributed by atoms with van der Waals surface area (Å²) in [6.45, 7) is 3.13. The molecule has 0 saturated heterocycles. The van der Waals surface area contributed by atoms with E-state index in [4.69, 9.17) is 0 Å². The van der Waals surface area contributed by atoms with Crippen molar-refractivity contribution >= 4 is 43.2 Å². The summed E-state index contributed by atoms with van der Waals surface area (Å²) in [5.74, 6) is 1.44. The molecular formula is C12H18N4O2S2. The molecule has 0 atom stereocenters. The minimum Gasteiger partial charge on any atom is -0.358 e. The smallest absolute Gasteiger partial charge is 0.226 e. The first-order valence-electron chi connectivity index (χ1n) is 6.28. The Labute approximate surface area is 122 Å². The van der Waals surface area contributed by atoms with Crippen LogP contribution in [0.1, 0.15) is 6.92 Å². The molecule has 0 spiro atoms. The molecule has 0 amide bonds. The van der Waals surface area contributed by atoms with Crippen LogP contribution in [0.3, 0.4) is 0 Å². The highest BCUT2D eigenvalue weighted by Crippen LogP contribution is 2.28. The maximum absolute atomic E-state index is 11.3. The lowest BCUT2D eigenvalue weighted by Gasteiger charge is -2.19. The van der Waals surface area contributed by atoms with E-state index in [0.29, 0.717) is 12.5 Å². The Morgan fingerprint density at radius 2 is 2.15 bits per heavy atom. The molecule has 2 heterocycles. The van der Waals surface area contributed by atoms with E-state index in [1.807, 2.05) is 30.3 Å². The summed E-state index contributed by atoms with van der Waals surface area (Å²) < 4.78 is 22.6. The van der Waals surface area contributed by atoms with Crippen LogP contribution >= 0.6 is 11.3 Å². The Morgan fingerprint density at radius 1 is 1.40 bits per heavy atom. The second-order valence-corrected chi connectivity index (χ2v) is 7.75. The molecule has 20 heavy (non-hydrogen) atoms. The standard InChI is InChI=1S/C12H18N4O2S2/c1-4-13-12-14-10(9-5-7-19-11(9)15-12)16(2)6-8-20(3,17)18/h5,7H,4,6,8H2,1-3H3,(H,13,14,15). The van der Waals surface area contributed by atoms with E-state index in [2.05, 4.69) is 15.3 Å². The largest absolute Gasteiger partial charge is 0.358 e. The molecule has 0 radical (unpaired) electrons. The zero-order chi connectivity index (χ0) is 14.8. The van der Waals surface area contributed by atoms with E-state index in [9.17, 15) is 8.42 Å². The fourth-order valence-corrected chi connectivity index (χ4v) is 3.14. The quantitative estimate of drug-likeness (QED) is 0.873. The van der Waals surface area contributed by atoms with Gasteiger partial charge in [0.2, 0.25) is 5.95 Å². The second-order valence-electron chi connectivity index (χ2n) is 4.59. The van der Waals surface area contributed by atoms with Crippen molar-refractivity contribution in [2.24, 2.45) is 0 Å². The molecule has 0 unspecified atom stereocenters. The van der Waals surface area contributed by atoms with Crippen molar-refractivity contribution in [2.45, 2.75) is 6.92 Å². The number of hydrogen-bond acceptors (Lipinski definition) is 7. The summed E-state index contributed by atoms with van der Waals surface area (Å²) in [5.41, 5.74) is 0. The van der Waals surface area contributed by atoms with E-state index < -0.39 is 9.84 Å². The molecule has 110 valence electrons. The van der Waals surface area contributed by atoms with E-state index >= 15 is 0 Å². The zero-order valence-corrected chi connectivity index (χ0v) is 13.4. The van der Waals surface area contributed by atoms with Crippen LogP contribution in [0.15, 0.2) is 11.4 Å². The topological polar surface area (TPSA) is 75.2 Å². The van der Waals surface area contributed by atoms with Crippen LogP contribution in [0.2, 0.25) is 0 Å². The van der Waals surface area contributed by atoms with Gasteiger partial charge < -0.3 is 10.2 Å². The summed E-state index contributed by atoms with van der Waals surface area (Å²) in [7, 11) is -1.14. The molecule has 0 fully saturated rings. The monoisotopic (exact) mass is 314 g/mol. The van der Waals surface area contributed by atoms with Crippen molar-refractivity contribution in [2.75, 3.05) is 42.4 Å². The summed E-state index contributed by atoms with van der Waals surface area (Å²) in [6, 6.07) is 1.96. The molecule has 2 aromatic rings. The number of aromatic nitrogens is 2. The molecule has 0 bridgehead atoms. The Bertz CT molecular complexity index is 697. The number of hydrogen-bond donors (Lipinski definition) is 1. The molecule has 1 N–H and O–H groups in total. The van der Waals surface area contributed by atoms with Crippen molar-refractivity contribution in [3.63, 3.8) is 0 Å². The van der Waals surface area contributed by atoms with Crippen LogP contribution in [0.25, 0.3) is 10.2 Å². The molecule has 8 heteroatoms. The number of rotatable bonds is 6. The third kappa shape index (κ3) is 3.57. The summed E-state index contributed by atoms with van der Waals surface area (Å²) >= 11 is 1.55. The number of nitrogens with zero attached hydrogens (tertiary/aromatic N) is 3. The first-order chi connectivity index (χ1) is 9.40. The first-order valence-corrected chi connectivity index (χ1v) is 9.22. The molecule has 2 rings (SSSR count). The third-order valence-corrected chi connectivity index (χ3v) is 4.53. The molecular weight excluding hydrogens is 296 g/mol. The van der Waals surface area contributed by atoms with Gasteiger partial charge in [0.05, 0.1) is 11.1 Å². The van der Waals surface area contributed by atoms with E-state index in [0.717, 1.165) is 22.6 Å². The van der Waals surface area contributed by atoms with Crippen LogP contribution in [-0.2, 0) is 9.84 Å². The molecule has 0 aliphatic heterocycles. The fraction of sp³-hybridized carbons (Fsp3) is 0.500. The van der Waals surface area contributed by atoms with Crippen LogP contribution in [0, 0.1) is 0 Å². The van der Waals surface area contributed by atoms with Gasteiger partial charge in [-0.05, 0) is 18.4 Å². The van der Waals surface area contributed by atoms with Gasteiger partial charge in [-0.1, -0.05) is 0 Å². The van der Waals surface area contributed by atoms with Crippen molar-refractivity contribution < 1.29 is 8.42 Å². The molecule has 0 aliphatic carbocycles. The third-order valence-electron chi connectivity index (χ3n) is 2.80. The highest BCUT2D eigenvalue weighted by Gasteiger charge is 2.14. The van der Waals surface area contributed by atoms with E-state index in [1.54, 1.807) is 11.3 Å². The van der Waals surface area contributed by atoms with E-state index in [1.165, 1.54) is 6.26 Å². The normalized spacial score (nSPS) is 11.8. The van der Waals surface area contributed by atoms with Crippen LogP contribution in [-0.4, -0.2) is 50.5 Å². The van der Waals surface area contributed by atoms with E-state index in [-0.39, 0.29) is 5.75 Å². The predicted octanol–water partition coefficient (Wildman–Crippen LogP) is 1.60. The molecule has 0 aromatic carbocycles. The van der Waals surface area contributed by atoms with Crippen LogP contribution < -0.4 is 10.2 Å². The fourth-order valence-electron chi connectivity index (χ4n) is 1.78. The minimum absolute atomic E-state index is 0.107. The maximum Gasteiger partial charge on any atom is 0.226 e. The number of fused-ring (bicyclic) bond motifs is 1. The van der Waals surface area contributed by atoms with Crippen molar-refractivity contribution in [1.82, 2.24) is 9.97 Å². The highest BCUT2D eigenvalue weighted by atomic mass is 32.2. The van der Waals surface area contributed by atoms with Crippen molar-refractivity contribution in [1.29, 1.82) is 0 Å². The average molecular weight is 314 g/mol. The van der Waals surface area contributed by atoms with Gasteiger partial charge in [0, 0.05) is 26.4 Å². The molecule has 6 nitrogen and oxygen atoms in total. The Morgan fingerprint density at radius 3 is 2.80 bits per heavy atom. The molecule has 0 aliphatic rings. The van der Waals surface area contributed by atoms with Gasteiger partial charge in [0.25, 0.3) is 0 Å². The number of thiophene rings is 1. The van der Waals surface area contributed by atoms with Crippen LogP contribution in [0.4, 0.5) is 11.8 Å². The number of sulfone groups is 1.